The first kappa shape index (κ1) is 15.2. The summed E-state index contributed by atoms with van der Waals surface area (Å²) in [7, 11) is 0. The van der Waals surface area contributed by atoms with Gasteiger partial charge in [-0.25, -0.2) is 4.79 Å². The summed E-state index contributed by atoms with van der Waals surface area (Å²) in [4.78, 5) is 14.2. The van der Waals surface area contributed by atoms with Crippen molar-refractivity contribution in [1.29, 1.82) is 0 Å². The zero-order valence-corrected chi connectivity index (χ0v) is 12.0. The first-order valence-corrected chi connectivity index (χ1v) is 6.92. The standard InChI is InChI=1S/C13H28N4O/c1-13(2,3)16-12(18)15-11-6-4-8-17(10-11)9-5-7-14/h11H,4-10,14H2,1-3H3,(H2,15,16,18)/t11-/m0/s1. The molecule has 0 saturated carbocycles. The molecule has 0 radical (unpaired) electrons. The van der Waals surface area contributed by atoms with Gasteiger partial charge in [0.2, 0.25) is 0 Å². The molecule has 0 aromatic carbocycles. The van der Waals surface area contributed by atoms with Gasteiger partial charge in [0, 0.05) is 18.1 Å². The lowest BCUT2D eigenvalue weighted by molar-refractivity contribution is 0.182. The summed E-state index contributed by atoms with van der Waals surface area (Å²) in [6.07, 6.45) is 3.24. The van der Waals surface area contributed by atoms with Crippen molar-refractivity contribution in [3.63, 3.8) is 0 Å². The largest absolute Gasteiger partial charge is 0.334 e. The zero-order valence-electron chi connectivity index (χ0n) is 12.0. The Hall–Kier alpha value is -0.810. The fraction of sp³-hybridized carbons (Fsp3) is 0.923. The van der Waals surface area contributed by atoms with Crippen molar-refractivity contribution in [2.75, 3.05) is 26.2 Å². The van der Waals surface area contributed by atoms with Crippen LogP contribution in [0.15, 0.2) is 0 Å². The molecule has 5 nitrogen and oxygen atoms in total. The molecule has 0 aromatic rings. The van der Waals surface area contributed by atoms with Crippen LogP contribution in [0.1, 0.15) is 40.0 Å². The molecule has 1 rings (SSSR count). The summed E-state index contributed by atoms with van der Waals surface area (Å²) < 4.78 is 0. The number of hydrogen-bond acceptors (Lipinski definition) is 3. The summed E-state index contributed by atoms with van der Waals surface area (Å²) in [5.41, 5.74) is 5.34. The smallest absolute Gasteiger partial charge is 0.315 e. The Bertz CT molecular complexity index is 262. The van der Waals surface area contributed by atoms with Crippen LogP contribution in [0.2, 0.25) is 0 Å². The van der Waals surface area contributed by atoms with E-state index in [4.69, 9.17) is 5.73 Å². The minimum absolute atomic E-state index is 0.0619. The average Bonchev–Trinajstić information content (AvgIpc) is 2.24. The van der Waals surface area contributed by atoms with E-state index in [1.165, 1.54) is 0 Å². The van der Waals surface area contributed by atoms with E-state index in [1.54, 1.807) is 0 Å². The van der Waals surface area contributed by atoms with Gasteiger partial charge < -0.3 is 21.3 Å². The van der Waals surface area contributed by atoms with Gasteiger partial charge in [0.1, 0.15) is 0 Å². The van der Waals surface area contributed by atoms with E-state index in [9.17, 15) is 4.79 Å². The Morgan fingerprint density at radius 1 is 1.44 bits per heavy atom. The molecule has 0 unspecified atom stereocenters. The van der Waals surface area contributed by atoms with E-state index in [2.05, 4.69) is 15.5 Å². The quantitative estimate of drug-likeness (QED) is 0.700. The van der Waals surface area contributed by atoms with Crippen molar-refractivity contribution >= 4 is 6.03 Å². The number of nitrogens with two attached hydrogens (primary N) is 1. The molecule has 5 heteroatoms. The second-order valence-electron chi connectivity index (χ2n) is 6.13. The van der Waals surface area contributed by atoms with Gasteiger partial charge in [-0.1, -0.05) is 0 Å². The Labute approximate surface area is 110 Å². The first-order valence-electron chi connectivity index (χ1n) is 6.92. The molecule has 1 saturated heterocycles. The molecule has 1 atom stereocenters. The summed E-state index contributed by atoms with van der Waals surface area (Å²) in [5, 5.41) is 5.99. The van der Waals surface area contributed by atoms with Gasteiger partial charge in [-0.05, 0) is 59.7 Å². The molecule has 1 aliphatic rings. The van der Waals surface area contributed by atoms with Gasteiger partial charge in [-0.15, -0.1) is 0 Å². The number of carbonyl (C=O) groups excluding carboxylic acids is 1. The molecule has 18 heavy (non-hydrogen) atoms. The molecule has 0 aromatic heterocycles. The van der Waals surface area contributed by atoms with Gasteiger partial charge in [-0.2, -0.15) is 0 Å². The van der Waals surface area contributed by atoms with E-state index in [0.29, 0.717) is 0 Å². The van der Waals surface area contributed by atoms with Crippen LogP contribution in [0.3, 0.4) is 0 Å². The molecule has 106 valence electrons. The van der Waals surface area contributed by atoms with Crippen molar-refractivity contribution < 1.29 is 4.79 Å². The van der Waals surface area contributed by atoms with Crippen LogP contribution in [0.4, 0.5) is 4.79 Å². The maximum Gasteiger partial charge on any atom is 0.315 e. The van der Waals surface area contributed by atoms with Crippen molar-refractivity contribution in [2.45, 2.75) is 51.6 Å². The average molecular weight is 256 g/mol. The van der Waals surface area contributed by atoms with Crippen LogP contribution >= 0.6 is 0 Å². The maximum atomic E-state index is 11.8. The van der Waals surface area contributed by atoms with E-state index in [1.807, 2.05) is 20.8 Å². The number of nitrogens with one attached hydrogen (secondary N) is 2. The lowest BCUT2D eigenvalue weighted by atomic mass is 10.1. The molecular formula is C13H28N4O. The van der Waals surface area contributed by atoms with Crippen molar-refractivity contribution in [3.8, 4) is 0 Å². The van der Waals surface area contributed by atoms with Gasteiger partial charge in [0.25, 0.3) is 0 Å². The minimum atomic E-state index is -0.183. The van der Waals surface area contributed by atoms with Crippen LogP contribution in [0, 0.1) is 0 Å². The third-order valence-electron chi connectivity index (χ3n) is 3.01. The second kappa shape index (κ2) is 6.95. The number of rotatable bonds is 4. The maximum absolute atomic E-state index is 11.8. The van der Waals surface area contributed by atoms with E-state index < -0.39 is 0 Å². The van der Waals surface area contributed by atoms with Crippen LogP contribution in [0.25, 0.3) is 0 Å². The number of hydrogen-bond donors (Lipinski definition) is 3. The third kappa shape index (κ3) is 6.21. The number of amides is 2. The molecule has 1 aliphatic heterocycles. The highest BCUT2D eigenvalue weighted by atomic mass is 16.2. The summed E-state index contributed by atoms with van der Waals surface area (Å²) in [6, 6.07) is 0.201. The van der Waals surface area contributed by atoms with Crippen molar-refractivity contribution in [3.05, 3.63) is 0 Å². The van der Waals surface area contributed by atoms with Crippen LogP contribution in [0.5, 0.6) is 0 Å². The molecule has 0 bridgehead atoms. The van der Waals surface area contributed by atoms with E-state index in [0.717, 1.165) is 45.4 Å². The Balaban J connectivity index is 2.31. The number of nitrogens with zero attached hydrogens (tertiary/aromatic N) is 1. The highest BCUT2D eigenvalue weighted by Gasteiger charge is 2.22. The molecule has 0 spiro atoms. The first-order chi connectivity index (χ1) is 8.40. The van der Waals surface area contributed by atoms with Crippen molar-refractivity contribution in [2.24, 2.45) is 5.73 Å². The Morgan fingerprint density at radius 3 is 2.78 bits per heavy atom. The lowest BCUT2D eigenvalue weighted by Crippen LogP contribution is -2.54. The normalized spacial score (nSPS) is 21.7. The van der Waals surface area contributed by atoms with E-state index in [-0.39, 0.29) is 17.6 Å². The number of piperidine rings is 1. The van der Waals surface area contributed by atoms with Gasteiger partial charge >= 0.3 is 6.03 Å². The lowest BCUT2D eigenvalue weighted by Gasteiger charge is -2.33. The predicted octanol–water partition coefficient (Wildman–Crippen LogP) is 0.897. The van der Waals surface area contributed by atoms with Crippen LogP contribution in [-0.4, -0.2) is 48.7 Å². The molecular weight excluding hydrogens is 228 g/mol. The van der Waals surface area contributed by atoms with Gasteiger partial charge in [0.05, 0.1) is 0 Å². The van der Waals surface area contributed by atoms with Gasteiger partial charge in [0.15, 0.2) is 0 Å². The third-order valence-corrected chi connectivity index (χ3v) is 3.01. The highest BCUT2D eigenvalue weighted by Crippen LogP contribution is 2.10. The minimum Gasteiger partial charge on any atom is -0.334 e. The number of likely N-dealkylation sites (tertiary alicyclic amines) is 1. The predicted molar refractivity (Wildman–Crippen MR) is 74.6 cm³/mol. The number of carbonyl (C=O) groups is 1. The van der Waals surface area contributed by atoms with E-state index >= 15 is 0 Å². The Kier molecular flexibility index (Phi) is 5.88. The molecule has 2 amide bonds. The van der Waals surface area contributed by atoms with Crippen LogP contribution in [-0.2, 0) is 0 Å². The SMILES string of the molecule is CC(C)(C)NC(=O)N[C@H]1CCCN(CCCN)C1. The van der Waals surface area contributed by atoms with Crippen LogP contribution < -0.4 is 16.4 Å². The van der Waals surface area contributed by atoms with Crippen molar-refractivity contribution in [1.82, 2.24) is 15.5 Å². The summed E-state index contributed by atoms with van der Waals surface area (Å²) in [5.74, 6) is 0. The zero-order chi connectivity index (χ0) is 13.6. The fourth-order valence-corrected chi connectivity index (χ4v) is 2.25. The van der Waals surface area contributed by atoms with Gasteiger partial charge in [-0.3, -0.25) is 0 Å². The number of urea groups is 1. The molecule has 4 N–H and O–H groups in total. The fourth-order valence-electron chi connectivity index (χ4n) is 2.25. The Morgan fingerprint density at radius 2 is 2.17 bits per heavy atom. The monoisotopic (exact) mass is 256 g/mol. The molecule has 0 aliphatic carbocycles. The molecule has 1 heterocycles. The second-order valence-corrected chi connectivity index (χ2v) is 6.13. The highest BCUT2D eigenvalue weighted by molar-refractivity contribution is 5.75. The summed E-state index contributed by atoms with van der Waals surface area (Å²) in [6.45, 7) is 9.80. The topological polar surface area (TPSA) is 70.4 Å². The summed E-state index contributed by atoms with van der Waals surface area (Å²) >= 11 is 0. The molecule has 1 fully saturated rings.